The standard InChI is InChI=1S/C21H44/c1-8-10-12-19(6)20(7)13-14-21(11-9-2)16-18(5)15-17(3)4/h17-21H,8-16H2,1-7H3. The van der Waals surface area contributed by atoms with Crippen LogP contribution in [-0.2, 0) is 0 Å². The van der Waals surface area contributed by atoms with Gasteiger partial charge >= 0.3 is 0 Å². The Hall–Kier alpha value is 0. The van der Waals surface area contributed by atoms with Gasteiger partial charge in [-0.1, -0.05) is 93.4 Å². The highest BCUT2D eigenvalue weighted by Crippen LogP contribution is 2.30. The van der Waals surface area contributed by atoms with Crippen LogP contribution >= 0.6 is 0 Å². The van der Waals surface area contributed by atoms with Gasteiger partial charge in [0.25, 0.3) is 0 Å². The van der Waals surface area contributed by atoms with E-state index in [1.165, 1.54) is 57.8 Å². The molecule has 0 aliphatic heterocycles. The molecule has 0 aromatic carbocycles. The summed E-state index contributed by atoms with van der Waals surface area (Å²) in [5, 5.41) is 0. The Morgan fingerprint density at radius 1 is 0.619 bits per heavy atom. The maximum Gasteiger partial charge on any atom is -0.0412 e. The molecule has 0 radical (unpaired) electrons. The van der Waals surface area contributed by atoms with E-state index in [0.717, 1.165) is 29.6 Å². The largest absolute Gasteiger partial charge is 0.0654 e. The van der Waals surface area contributed by atoms with Gasteiger partial charge < -0.3 is 0 Å². The molecule has 0 rings (SSSR count). The number of hydrogen-bond donors (Lipinski definition) is 0. The molecule has 4 unspecified atom stereocenters. The van der Waals surface area contributed by atoms with Crippen molar-refractivity contribution in [3.05, 3.63) is 0 Å². The highest BCUT2D eigenvalue weighted by atomic mass is 14.2. The van der Waals surface area contributed by atoms with Crippen molar-refractivity contribution in [2.24, 2.45) is 29.6 Å². The van der Waals surface area contributed by atoms with Crippen LogP contribution in [0.5, 0.6) is 0 Å². The predicted molar refractivity (Wildman–Crippen MR) is 98.7 cm³/mol. The number of hydrogen-bond acceptors (Lipinski definition) is 0. The topological polar surface area (TPSA) is 0 Å². The van der Waals surface area contributed by atoms with E-state index < -0.39 is 0 Å². The highest BCUT2D eigenvalue weighted by Gasteiger charge is 2.17. The van der Waals surface area contributed by atoms with Crippen molar-refractivity contribution in [3.8, 4) is 0 Å². The summed E-state index contributed by atoms with van der Waals surface area (Å²) in [5.74, 6) is 4.57. The molecule has 0 aliphatic rings. The van der Waals surface area contributed by atoms with Crippen molar-refractivity contribution in [3.63, 3.8) is 0 Å². The maximum absolute atomic E-state index is 2.49. The second kappa shape index (κ2) is 12.5. The Bertz CT molecular complexity index is 218. The highest BCUT2D eigenvalue weighted by molar-refractivity contribution is 4.69. The normalized spacial score (nSPS) is 17.7. The van der Waals surface area contributed by atoms with E-state index in [9.17, 15) is 0 Å². The summed E-state index contributed by atoms with van der Waals surface area (Å²) in [4.78, 5) is 0. The summed E-state index contributed by atoms with van der Waals surface area (Å²) in [6, 6.07) is 0. The van der Waals surface area contributed by atoms with Crippen molar-refractivity contribution in [1.82, 2.24) is 0 Å². The Morgan fingerprint density at radius 2 is 1.24 bits per heavy atom. The van der Waals surface area contributed by atoms with Crippen LogP contribution in [0.2, 0.25) is 0 Å². The molecular formula is C21H44. The first-order valence-corrected chi connectivity index (χ1v) is 9.90. The minimum Gasteiger partial charge on any atom is -0.0654 e. The first-order valence-electron chi connectivity index (χ1n) is 9.90. The molecule has 0 N–H and O–H groups in total. The summed E-state index contributed by atoms with van der Waals surface area (Å²) < 4.78 is 0. The quantitative estimate of drug-likeness (QED) is 0.326. The van der Waals surface area contributed by atoms with E-state index in [-0.39, 0.29) is 0 Å². The minimum atomic E-state index is 0.857. The molecular weight excluding hydrogens is 252 g/mol. The van der Waals surface area contributed by atoms with Crippen LogP contribution in [0.4, 0.5) is 0 Å². The second-order valence-corrected chi connectivity index (χ2v) is 8.30. The van der Waals surface area contributed by atoms with Crippen molar-refractivity contribution in [2.45, 2.75) is 106 Å². The minimum absolute atomic E-state index is 0.857. The summed E-state index contributed by atoms with van der Waals surface area (Å²) in [6.07, 6.45) is 12.8. The maximum atomic E-state index is 2.49. The van der Waals surface area contributed by atoms with E-state index in [2.05, 4.69) is 48.5 Å². The van der Waals surface area contributed by atoms with Crippen LogP contribution in [-0.4, -0.2) is 0 Å². The SMILES string of the molecule is CCCCC(C)C(C)CCC(CCC)CC(C)CC(C)C. The summed E-state index contributed by atoms with van der Waals surface area (Å²) >= 11 is 0. The van der Waals surface area contributed by atoms with E-state index in [1.54, 1.807) is 0 Å². The van der Waals surface area contributed by atoms with Gasteiger partial charge in [0.15, 0.2) is 0 Å². The molecule has 0 aromatic heterocycles. The molecule has 0 heterocycles. The molecule has 0 saturated carbocycles. The molecule has 0 nitrogen and oxygen atoms in total. The van der Waals surface area contributed by atoms with Gasteiger partial charge in [-0.15, -0.1) is 0 Å². The van der Waals surface area contributed by atoms with Gasteiger partial charge in [-0.2, -0.15) is 0 Å². The first kappa shape index (κ1) is 21.0. The van der Waals surface area contributed by atoms with E-state index >= 15 is 0 Å². The third kappa shape index (κ3) is 11.2. The van der Waals surface area contributed by atoms with Crippen molar-refractivity contribution in [1.29, 1.82) is 0 Å². The molecule has 0 saturated heterocycles. The van der Waals surface area contributed by atoms with Crippen molar-refractivity contribution in [2.75, 3.05) is 0 Å². The fraction of sp³-hybridized carbons (Fsp3) is 1.00. The second-order valence-electron chi connectivity index (χ2n) is 8.30. The fourth-order valence-corrected chi connectivity index (χ4v) is 3.85. The van der Waals surface area contributed by atoms with Gasteiger partial charge in [-0.05, 0) is 42.4 Å². The van der Waals surface area contributed by atoms with Crippen LogP contribution < -0.4 is 0 Å². The molecule has 0 amide bonds. The molecule has 0 fully saturated rings. The monoisotopic (exact) mass is 296 g/mol. The third-order valence-electron chi connectivity index (χ3n) is 5.32. The average molecular weight is 297 g/mol. The molecule has 0 heteroatoms. The molecule has 0 spiro atoms. The third-order valence-corrected chi connectivity index (χ3v) is 5.32. The van der Waals surface area contributed by atoms with Gasteiger partial charge in [-0.3, -0.25) is 0 Å². The molecule has 128 valence electrons. The number of rotatable bonds is 13. The summed E-state index contributed by atoms with van der Waals surface area (Å²) in [6.45, 7) is 16.8. The Morgan fingerprint density at radius 3 is 1.76 bits per heavy atom. The van der Waals surface area contributed by atoms with E-state index in [4.69, 9.17) is 0 Å². The van der Waals surface area contributed by atoms with Gasteiger partial charge in [0.2, 0.25) is 0 Å². The Labute approximate surface area is 136 Å². The molecule has 0 aromatic rings. The lowest BCUT2D eigenvalue weighted by Crippen LogP contribution is -2.13. The van der Waals surface area contributed by atoms with Crippen LogP contribution in [0.1, 0.15) is 106 Å². The van der Waals surface area contributed by atoms with Crippen LogP contribution in [0, 0.1) is 29.6 Å². The lowest BCUT2D eigenvalue weighted by atomic mass is 9.81. The van der Waals surface area contributed by atoms with Gasteiger partial charge in [-0.25, -0.2) is 0 Å². The van der Waals surface area contributed by atoms with Crippen LogP contribution in [0.25, 0.3) is 0 Å². The van der Waals surface area contributed by atoms with E-state index in [0.29, 0.717) is 0 Å². The first-order chi connectivity index (χ1) is 9.90. The molecule has 0 aliphatic carbocycles. The van der Waals surface area contributed by atoms with Crippen LogP contribution in [0.3, 0.4) is 0 Å². The lowest BCUT2D eigenvalue weighted by molar-refractivity contribution is 0.265. The van der Waals surface area contributed by atoms with Crippen LogP contribution in [0.15, 0.2) is 0 Å². The lowest BCUT2D eigenvalue weighted by Gasteiger charge is -2.25. The summed E-state index contributed by atoms with van der Waals surface area (Å²) in [7, 11) is 0. The van der Waals surface area contributed by atoms with Gasteiger partial charge in [0.1, 0.15) is 0 Å². The van der Waals surface area contributed by atoms with Gasteiger partial charge in [0, 0.05) is 0 Å². The summed E-state index contributed by atoms with van der Waals surface area (Å²) in [5.41, 5.74) is 0. The Kier molecular flexibility index (Phi) is 12.5. The molecule has 0 bridgehead atoms. The van der Waals surface area contributed by atoms with E-state index in [1.807, 2.05) is 0 Å². The number of unbranched alkanes of at least 4 members (excludes halogenated alkanes) is 1. The zero-order valence-electron chi connectivity index (χ0n) is 16.3. The Balaban J connectivity index is 4.12. The zero-order chi connectivity index (χ0) is 16.3. The fourth-order valence-electron chi connectivity index (χ4n) is 3.85. The van der Waals surface area contributed by atoms with Gasteiger partial charge in [0.05, 0.1) is 0 Å². The zero-order valence-corrected chi connectivity index (χ0v) is 16.3. The predicted octanol–water partition coefficient (Wildman–Crippen LogP) is 7.72. The van der Waals surface area contributed by atoms with Crippen molar-refractivity contribution >= 4 is 0 Å². The molecule has 4 atom stereocenters. The smallest absolute Gasteiger partial charge is 0.0412 e. The average Bonchev–Trinajstić information content (AvgIpc) is 2.40. The molecule has 21 heavy (non-hydrogen) atoms. The van der Waals surface area contributed by atoms with Crippen molar-refractivity contribution < 1.29 is 0 Å².